The predicted octanol–water partition coefficient (Wildman–Crippen LogP) is 3.20. The molecule has 0 spiro atoms. The van der Waals surface area contributed by atoms with E-state index in [2.05, 4.69) is 16.4 Å². The minimum absolute atomic E-state index is 0.229. The van der Waals surface area contributed by atoms with Crippen molar-refractivity contribution in [2.75, 3.05) is 0 Å². The van der Waals surface area contributed by atoms with E-state index in [0.717, 1.165) is 18.5 Å². The van der Waals surface area contributed by atoms with E-state index >= 15 is 0 Å². The van der Waals surface area contributed by atoms with Gasteiger partial charge in [0.1, 0.15) is 17.6 Å². The van der Waals surface area contributed by atoms with Crippen molar-refractivity contribution in [3.63, 3.8) is 0 Å². The highest BCUT2D eigenvalue weighted by molar-refractivity contribution is 6.52. The van der Waals surface area contributed by atoms with E-state index < -0.39 is 11.6 Å². The predicted molar refractivity (Wildman–Crippen MR) is 98.7 cm³/mol. The Morgan fingerprint density at radius 2 is 1.96 bits per heavy atom. The van der Waals surface area contributed by atoms with Crippen LogP contribution in [-0.2, 0) is 16.1 Å². The van der Waals surface area contributed by atoms with Crippen LogP contribution in [0.4, 0.5) is 0 Å². The average Bonchev–Trinajstić information content (AvgIpc) is 3.35. The van der Waals surface area contributed by atoms with Gasteiger partial charge in [0.25, 0.3) is 0 Å². The Morgan fingerprint density at radius 3 is 2.78 bits per heavy atom. The Morgan fingerprint density at radius 1 is 1.11 bits per heavy atom. The number of carbonyl (C=O) groups is 2. The van der Waals surface area contributed by atoms with Gasteiger partial charge in [-0.15, -0.1) is 5.10 Å². The molecule has 6 heteroatoms. The molecule has 1 aliphatic heterocycles. The van der Waals surface area contributed by atoms with Crippen molar-refractivity contribution in [2.24, 2.45) is 0 Å². The van der Waals surface area contributed by atoms with Crippen molar-refractivity contribution in [3.8, 4) is 0 Å². The Hall–Kier alpha value is -3.02. The summed E-state index contributed by atoms with van der Waals surface area (Å²) in [6, 6.07) is 7.13. The number of carbonyl (C=O) groups excluding carboxylic acids is 2. The zero-order valence-corrected chi connectivity index (χ0v) is 14.9. The van der Waals surface area contributed by atoms with Gasteiger partial charge in [0.2, 0.25) is 11.6 Å². The fourth-order valence-corrected chi connectivity index (χ4v) is 4.08. The first-order chi connectivity index (χ1) is 13.2. The van der Waals surface area contributed by atoms with Gasteiger partial charge in [-0.05, 0) is 31.3 Å². The second-order valence-electron chi connectivity index (χ2n) is 7.26. The normalized spacial score (nSPS) is 21.6. The van der Waals surface area contributed by atoms with Gasteiger partial charge in [0, 0.05) is 17.5 Å². The molecule has 1 unspecified atom stereocenters. The lowest BCUT2D eigenvalue weighted by Crippen LogP contribution is -2.22. The number of fused-ring (bicyclic) bond motifs is 2. The maximum absolute atomic E-state index is 12.4. The number of benzene rings is 1. The lowest BCUT2D eigenvalue weighted by Gasteiger charge is -2.16. The second kappa shape index (κ2) is 6.30. The minimum Gasteiger partial charge on any atom is -0.487 e. The number of aromatic nitrogens is 3. The molecular weight excluding hydrogens is 342 g/mol. The zero-order valence-electron chi connectivity index (χ0n) is 14.9. The number of hydrogen-bond donors (Lipinski definition) is 0. The summed E-state index contributed by atoms with van der Waals surface area (Å²) in [7, 11) is 0. The maximum Gasteiger partial charge on any atom is 0.234 e. The molecule has 0 saturated carbocycles. The average molecular weight is 361 g/mol. The lowest BCUT2D eigenvalue weighted by molar-refractivity contribution is -0.112. The van der Waals surface area contributed by atoms with E-state index in [1.165, 1.54) is 18.4 Å². The van der Waals surface area contributed by atoms with Gasteiger partial charge in [0.05, 0.1) is 18.3 Å². The van der Waals surface area contributed by atoms with Crippen molar-refractivity contribution >= 4 is 22.9 Å². The molecule has 27 heavy (non-hydrogen) atoms. The third-order valence-electron chi connectivity index (χ3n) is 5.44. The third-order valence-corrected chi connectivity index (χ3v) is 5.44. The molecule has 0 N–H and O–H groups in total. The SMILES string of the molecule is O=C1C(=O)c2ccccc2C2=C1CC(Cn1cc(C3=CCCCC3)nn1)O2. The van der Waals surface area contributed by atoms with Gasteiger partial charge >= 0.3 is 0 Å². The van der Waals surface area contributed by atoms with Gasteiger partial charge in [-0.25, -0.2) is 4.68 Å². The monoisotopic (exact) mass is 361 g/mol. The summed E-state index contributed by atoms with van der Waals surface area (Å²) in [4.78, 5) is 24.8. The quantitative estimate of drug-likeness (QED) is 0.785. The molecule has 1 aromatic heterocycles. The van der Waals surface area contributed by atoms with Crippen molar-refractivity contribution in [3.05, 3.63) is 58.9 Å². The summed E-state index contributed by atoms with van der Waals surface area (Å²) in [5.41, 5.74) is 3.80. The van der Waals surface area contributed by atoms with Crippen LogP contribution >= 0.6 is 0 Å². The minimum atomic E-state index is -0.446. The molecule has 2 heterocycles. The molecule has 0 saturated heterocycles. The number of allylic oxidation sites excluding steroid dienone is 2. The first-order valence-electron chi connectivity index (χ1n) is 9.38. The molecule has 2 aliphatic carbocycles. The Bertz CT molecular complexity index is 1020. The van der Waals surface area contributed by atoms with Crippen molar-refractivity contribution in [1.82, 2.24) is 15.0 Å². The van der Waals surface area contributed by atoms with E-state index in [4.69, 9.17) is 4.74 Å². The van der Waals surface area contributed by atoms with Gasteiger partial charge in [0.15, 0.2) is 0 Å². The van der Waals surface area contributed by atoms with Crippen LogP contribution < -0.4 is 0 Å². The molecule has 2 aromatic rings. The van der Waals surface area contributed by atoms with Crippen molar-refractivity contribution in [1.29, 1.82) is 0 Å². The van der Waals surface area contributed by atoms with Gasteiger partial charge in [-0.1, -0.05) is 35.6 Å². The molecule has 5 rings (SSSR count). The highest BCUT2D eigenvalue weighted by atomic mass is 16.5. The Labute approximate surface area is 156 Å². The number of hydrogen-bond acceptors (Lipinski definition) is 5. The number of Topliss-reactive ketones (excluding diaryl/α,β-unsaturated/α-hetero) is 2. The molecular formula is C21H19N3O3. The molecule has 136 valence electrons. The summed E-state index contributed by atoms with van der Waals surface area (Å²) >= 11 is 0. The van der Waals surface area contributed by atoms with Crippen LogP contribution in [0.25, 0.3) is 11.3 Å². The standard InChI is InChI=1S/C21H19N3O3/c25-19-15-8-4-5-9-16(15)21-17(20(19)26)10-14(27-21)11-24-12-18(22-23-24)13-6-2-1-3-7-13/h4-6,8-9,12,14H,1-3,7,10-11H2. The molecule has 3 aliphatic rings. The smallest absolute Gasteiger partial charge is 0.234 e. The highest BCUT2D eigenvalue weighted by Crippen LogP contribution is 2.39. The van der Waals surface area contributed by atoms with E-state index in [-0.39, 0.29) is 6.10 Å². The number of ether oxygens (including phenoxy) is 1. The van der Waals surface area contributed by atoms with E-state index in [1.807, 2.05) is 18.3 Å². The number of rotatable bonds is 3. The number of nitrogens with zero attached hydrogens (tertiary/aromatic N) is 3. The van der Waals surface area contributed by atoms with Crippen LogP contribution in [0, 0.1) is 0 Å². The molecule has 0 amide bonds. The molecule has 1 aromatic carbocycles. The van der Waals surface area contributed by atoms with Crippen LogP contribution in [0.15, 0.2) is 42.1 Å². The Kier molecular flexibility index (Phi) is 3.77. The maximum atomic E-state index is 12.4. The summed E-state index contributed by atoms with van der Waals surface area (Å²) in [5, 5.41) is 8.52. The topological polar surface area (TPSA) is 74.1 Å². The van der Waals surface area contributed by atoms with Crippen LogP contribution in [0.1, 0.15) is 53.7 Å². The largest absolute Gasteiger partial charge is 0.487 e. The molecule has 0 bridgehead atoms. The van der Waals surface area contributed by atoms with Crippen molar-refractivity contribution < 1.29 is 14.3 Å². The van der Waals surface area contributed by atoms with Crippen molar-refractivity contribution in [2.45, 2.75) is 44.8 Å². The van der Waals surface area contributed by atoms with Gasteiger partial charge < -0.3 is 4.74 Å². The molecule has 6 nitrogen and oxygen atoms in total. The Balaban J connectivity index is 1.36. The third kappa shape index (κ3) is 2.72. The summed E-state index contributed by atoms with van der Waals surface area (Å²) in [5.74, 6) is -0.339. The van der Waals surface area contributed by atoms with Crippen LogP contribution in [-0.4, -0.2) is 32.7 Å². The fraction of sp³-hybridized carbons (Fsp3) is 0.333. The number of ketones is 2. The first-order valence-corrected chi connectivity index (χ1v) is 9.38. The van der Waals surface area contributed by atoms with E-state index in [1.54, 1.807) is 16.8 Å². The fourth-order valence-electron chi connectivity index (χ4n) is 4.08. The zero-order chi connectivity index (χ0) is 18.4. The van der Waals surface area contributed by atoms with Gasteiger partial charge in [-0.2, -0.15) is 0 Å². The van der Waals surface area contributed by atoms with E-state index in [9.17, 15) is 9.59 Å². The summed E-state index contributed by atoms with van der Waals surface area (Å²) < 4.78 is 7.84. The first kappa shape index (κ1) is 16.2. The van der Waals surface area contributed by atoms with Gasteiger partial charge in [-0.3, -0.25) is 9.59 Å². The lowest BCUT2D eigenvalue weighted by atomic mass is 9.88. The van der Waals surface area contributed by atoms with E-state index in [0.29, 0.717) is 35.4 Å². The van der Waals surface area contributed by atoms with Crippen LogP contribution in [0.5, 0.6) is 0 Å². The molecule has 0 radical (unpaired) electrons. The highest BCUT2D eigenvalue weighted by Gasteiger charge is 2.40. The summed E-state index contributed by atoms with van der Waals surface area (Å²) in [6.07, 6.45) is 8.95. The molecule has 1 atom stereocenters. The molecule has 0 fully saturated rings. The van der Waals surface area contributed by atoms with Crippen LogP contribution in [0.2, 0.25) is 0 Å². The second-order valence-corrected chi connectivity index (χ2v) is 7.26. The van der Waals surface area contributed by atoms with Crippen LogP contribution in [0.3, 0.4) is 0 Å². The summed E-state index contributed by atoms with van der Waals surface area (Å²) in [6.45, 7) is 0.497.